The fraction of sp³-hybridized carbons (Fsp3) is 0.429. The summed E-state index contributed by atoms with van der Waals surface area (Å²) in [5, 5.41) is 10.1. The lowest BCUT2D eigenvalue weighted by molar-refractivity contribution is -0.142. The predicted molar refractivity (Wildman–Crippen MR) is 74.8 cm³/mol. The lowest BCUT2D eigenvalue weighted by atomic mass is 9.99. The van der Waals surface area contributed by atoms with Gasteiger partial charge in [0.15, 0.2) is 0 Å². The molecule has 4 nitrogen and oxygen atoms in total. The summed E-state index contributed by atoms with van der Waals surface area (Å²) >= 11 is 12.1. The Bertz CT molecular complexity index is 602. The smallest absolute Gasteiger partial charge is 0.307 e. The van der Waals surface area contributed by atoms with Gasteiger partial charge in [-0.25, -0.2) is 0 Å². The average molecular weight is 314 g/mol. The molecule has 106 valence electrons. The van der Waals surface area contributed by atoms with Gasteiger partial charge in [0.25, 0.3) is 0 Å². The Morgan fingerprint density at radius 1 is 1.25 bits per heavy atom. The van der Waals surface area contributed by atoms with Crippen molar-refractivity contribution >= 4 is 35.1 Å². The number of aliphatic carboxylic acids is 1. The molecule has 1 aromatic rings. The molecule has 2 aliphatic rings. The van der Waals surface area contributed by atoms with Crippen LogP contribution in [0.4, 0.5) is 0 Å². The highest BCUT2D eigenvalue weighted by molar-refractivity contribution is 6.35. The normalized spacial score (nSPS) is 24.2. The van der Waals surface area contributed by atoms with Crippen molar-refractivity contribution in [2.75, 3.05) is 6.54 Å². The molecule has 1 fully saturated rings. The second-order valence-electron chi connectivity index (χ2n) is 5.32. The summed E-state index contributed by atoms with van der Waals surface area (Å²) in [6.07, 6.45) is 1.13. The maximum Gasteiger partial charge on any atom is 0.307 e. The molecule has 0 bridgehead atoms. The van der Waals surface area contributed by atoms with Gasteiger partial charge < -0.3 is 10.0 Å². The summed E-state index contributed by atoms with van der Waals surface area (Å²) in [6.45, 7) is 1.04. The number of carboxylic acid groups (broad SMARTS) is 1. The van der Waals surface area contributed by atoms with Crippen molar-refractivity contribution < 1.29 is 14.7 Å². The Kier molecular flexibility index (Phi) is 3.38. The number of carboxylic acids is 1. The van der Waals surface area contributed by atoms with E-state index in [1.807, 2.05) is 6.07 Å². The van der Waals surface area contributed by atoms with Crippen molar-refractivity contribution in [3.63, 3.8) is 0 Å². The Hall–Kier alpha value is -1.26. The molecule has 2 atom stereocenters. The molecule has 0 unspecified atom stereocenters. The highest BCUT2D eigenvalue weighted by Gasteiger charge is 2.50. The fourth-order valence-corrected chi connectivity index (χ4v) is 3.40. The van der Waals surface area contributed by atoms with Gasteiger partial charge in [-0.3, -0.25) is 9.59 Å². The minimum absolute atomic E-state index is 0.0702. The number of rotatable bonds is 2. The van der Waals surface area contributed by atoms with Crippen LogP contribution in [0.15, 0.2) is 12.1 Å². The van der Waals surface area contributed by atoms with Crippen LogP contribution in [0.25, 0.3) is 0 Å². The molecule has 0 aromatic heterocycles. The summed E-state index contributed by atoms with van der Waals surface area (Å²) in [5.41, 5.74) is 1.99. The number of halogens is 2. The van der Waals surface area contributed by atoms with Gasteiger partial charge in [-0.15, -0.1) is 0 Å². The van der Waals surface area contributed by atoms with Crippen molar-refractivity contribution in [3.8, 4) is 0 Å². The number of hydrogen-bond acceptors (Lipinski definition) is 2. The zero-order chi connectivity index (χ0) is 14.4. The van der Waals surface area contributed by atoms with Gasteiger partial charge in [-0.05, 0) is 36.1 Å². The number of nitrogens with zero attached hydrogens (tertiary/aromatic N) is 1. The maximum atomic E-state index is 12.3. The number of carbonyl (C=O) groups is 2. The SMILES string of the molecule is O=C(O)[C@H]1C[C@@H]1C(=O)N1CCc2c(Cl)cc(Cl)cc2C1. The van der Waals surface area contributed by atoms with E-state index >= 15 is 0 Å². The van der Waals surface area contributed by atoms with Gasteiger partial charge in [-0.1, -0.05) is 23.2 Å². The summed E-state index contributed by atoms with van der Waals surface area (Å²) in [4.78, 5) is 24.8. The molecule has 3 rings (SSSR count). The third kappa shape index (κ3) is 2.38. The Morgan fingerprint density at radius 2 is 2.00 bits per heavy atom. The third-order valence-corrected chi connectivity index (χ3v) is 4.54. The summed E-state index contributed by atoms with van der Waals surface area (Å²) in [5.74, 6) is -1.82. The number of carbonyl (C=O) groups excluding carboxylic acids is 1. The van der Waals surface area contributed by atoms with Gasteiger partial charge in [0, 0.05) is 23.1 Å². The highest BCUT2D eigenvalue weighted by atomic mass is 35.5. The van der Waals surface area contributed by atoms with Crippen LogP contribution in [-0.4, -0.2) is 28.4 Å². The molecule has 0 saturated heterocycles. The summed E-state index contributed by atoms with van der Waals surface area (Å²) in [7, 11) is 0. The van der Waals surface area contributed by atoms with Gasteiger partial charge in [0.2, 0.25) is 5.91 Å². The highest BCUT2D eigenvalue weighted by Crippen LogP contribution is 2.41. The first-order chi connectivity index (χ1) is 9.47. The molecule has 1 N–H and O–H groups in total. The van der Waals surface area contributed by atoms with Crippen LogP contribution in [-0.2, 0) is 22.6 Å². The molecular weight excluding hydrogens is 301 g/mol. The molecule has 0 spiro atoms. The maximum absolute atomic E-state index is 12.3. The van der Waals surface area contributed by atoms with Crippen molar-refractivity contribution in [1.29, 1.82) is 0 Å². The first-order valence-electron chi connectivity index (χ1n) is 6.45. The van der Waals surface area contributed by atoms with Gasteiger partial charge in [0.05, 0.1) is 11.8 Å². The zero-order valence-corrected chi connectivity index (χ0v) is 12.1. The second kappa shape index (κ2) is 4.93. The fourth-order valence-electron chi connectivity index (χ4n) is 2.77. The van der Waals surface area contributed by atoms with Crippen LogP contribution < -0.4 is 0 Å². The minimum Gasteiger partial charge on any atom is -0.481 e. The second-order valence-corrected chi connectivity index (χ2v) is 6.17. The van der Waals surface area contributed by atoms with Crippen LogP contribution in [0.3, 0.4) is 0 Å². The third-order valence-electron chi connectivity index (χ3n) is 3.98. The topological polar surface area (TPSA) is 57.6 Å². The van der Waals surface area contributed by atoms with E-state index in [9.17, 15) is 9.59 Å². The molecule has 0 radical (unpaired) electrons. The molecule has 6 heteroatoms. The summed E-state index contributed by atoms with van der Waals surface area (Å²) in [6, 6.07) is 3.53. The van der Waals surface area contributed by atoms with E-state index in [2.05, 4.69) is 0 Å². The molecule has 1 heterocycles. The number of fused-ring (bicyclic) bond motifs is 1. The van der Waals surface area contributed by atoms with E-state index in [4.69, 9.17) is 28.3 Å². The molecular formula is C14H13Cl2NO3. The van der Waals surface area contributed by atoms with Gasteiger partial charge in [0.1, 0.15) is 0 Å². The molecule has 1 aliphatic carbocycles. The van der Waals surface area contributed by atoms with Crippen LogP contribution in [0.5, 0.6) is 0 Å². The minimum atomic E-state index is -0.883. The van der Waals surface area contributed by atoms with Crippen LogP contribution in [0.1, 0.15) is 17.5 Å². The van der Waals surface area contributed by atoms with Crippen LogP contribution in [0.2, 0.25) is 10.0 Å². The largest absolute Gasteiger partial charge is 0.481 e. The number of benzene rings is 1. The zero-order valence-electron chi connectivity index (χ0n) is 10.6. The first-order valence-corrected chi connectivity index (χ1v) is 7.21. The molecule has 1 amide bonds. The van der Waals surface area contributed by atoms with E-state index in [1.165, 1.54) is 0 Å². The lowest BCUT2D eigenvalue weighted by Crippen LogP contribution is -2.37. The van der Waals surface area contributed by atoms with E-state index in [-0.39, 0.29) is 11.8 Å². The Labute approximate surface area is 126 Å². The van der Waals surface area contributed by atoms with Crippen molar-refractivity contribution in [3.05, 3.63) is 33.3 Å². The average Bonchev–Trinajstić information content (AvgIpc) is 3.17. The number of hydrogen-bond donors (Lipinski definition) is 1. The van der Waals surface area contributed by atoms with Crippen LogP contribution in [0, 0.1) is 11.8 Å². The quantitative estimate of drug-likeness (QED) is 0.913. The monoisotopic (exact) mass is 313 g/mol. The lowest BCUT2D eigenvalue weighted by Gasteiger charge is -2.29. The standard InChI is InChI=1S/C14H13Cl2NO3/c15-8-3-7-6-17(2-1-9(7)12(16)4-8)13(18)10-5-11(10)14(19)20/h3-4,10-11H,1-2,5-6H2,(H,19,20)/t10-,11-/m0/s1. The molecule has 1 saturated carbocycles. The Morgan fingerprint density at radius 3 is 2.65 bits per heavy atom. The van der Waals surface area contributed by atoms with E-state index in [0.29, 0.717) is 36.0 Å². The first kappa shape index (κ1) is 13.7. The molecule has 1 aromatic carbocycles. The molecule has 20 heavy (non-hydrogen) atoms. The van der Waals surface area contributed by atoms with E-state index < -0.39 is 11.9 Å². The predicted octanol–water partition coefficient (Wildman–Crippen LogP) is 2.60. The Balaban J connectivity index is 1.76. The van der Waals surface area contributed by atoms with Crippen molar-refractivity contribution in [2.45, 2.75) is 19.4 Å². The molecule has 1 aliphatic heterocycles. The van der Waals surface area contributed by atoms with Crippen molar-refractivity contribution in [2.24, 2.45) is 11.8 Å². The van der Waals surface area contributed by atoms with Crippen LogP contribution >= 0.6 is 23.2 Å². The van der Waals surface area contributed by atoms with Gasteiger partial charge in [-0.2, -0.15) is 0 Å². The van der Waals surface area contributed by atoms with E-state index in [0.717, 1.165) is 11.1 Å². The summed E-state index contributed by atoms with van der Waals surface area (Å²) < 4.78 is 0. The van der Waals surface area contributed by atoms with Crippen molar-refractivity contribution in [1.82, 2.24) is 4.90 Å². The van der Waals surface area contributed by atoms with E-state index in [1.54, 1.807) is 11.0 Å². The number of amides is 1. The van der Waals surface area contributed by atoms with Gasteiger partial charge >= 0.3 is 5.97 Å².